The van der Waals surface area contributed by atoms with Crippen LogP contribution in [0.3, 0.4) is 0 Å². The molecule has 0 aliphatic carbocycles. The summed E-state index contributed by atoms with van der Waals surface area (Å²) in [4.78, 5) is 11.4. The lowest BCUT2D eigenvalue weighted by molar-refractivity contribution is 0.0697. The number of carboxylic acid groups (broad SMARTS) is 1. The lowest BCUT2D eigenvalue weighted by Crippen LogP contribution is -2.03. The Kier molecular flexibility index (Phi) is 4.35. The van der Waals surface area contributed by atoms with E-state index in [0.29, 0.717) is 5.56 Å². The molecule has 2 nitrogen and oxygen atoms in total. The van der Waals surface area contributed by atoms with Gasteiger partial charge in [-0.05, 0) is 35.6 Å². The standard InChI is InChI=1S/C17H18O2/c1-2-3-8-13-11-7-12-15(17(18)19)16(13)14-9-5-4-6-10-14/h4-7,9-12H,2-3,8H2,1H3,(H,18,19). The fourth-order valence-electron chi connectivity index (χ4n) is 2.30. The second-order valence-electron chi connectivity index (χ2n) is 4.61. The molecule has 19 heavy (non-hydrogen) atoms. The van der Waals surface area contributed by atoms with E-state index >= 15 is 0 Å². The molecule has 0 bridgehead atoms. The number of unbranched alkanes of at least 4 members (excludes halogenated alkanes) is 1. The van der Waals surface area contributed by atoms with Gasteiger partial charge in [0.2, 0.25) is 0 Å². The second kappa shape index (κ2) is 6.19. The zero-order valence-electron chi connectivity index (χ0n) is 11.1. The first-order chi connectivity index (χ1) is 9.24. The van der Waals surface area contributed by atoms with Crippen LogP contribution in [0.15, 0.2) is 48.5 Å². The summed E-state index contributed by atoms with van der Waals surface area (Å²) in [7, 11) is 0. The molecule has 0 saturated heterocycles. The molecule has 0 fully saturated rings. The number of aryl methyl sites for hydroxylation is 1. The maximum absolute atomic E-state index is 11.4. The number of hydrogen-bond donors (Lipinski definition) is 1. The summed E-state index contributed by atoms with van der Waals surface area (Å²) in [5.41, 5.74) is 3.35. The van der Waals surface area contributed by atoms with Crippen molar-refractivity contribution >= 4 is 5.97 Å². The predicted molar refractivity (Wildman–Crippen MR) is 77.4 cm³/mol. The van der Waals surface area contributed by atoms with Gasteiger partial charge in [-0.1, -0.05) is 55.8 Å². The Labute approximate surface area is 113 Å². The van der Waals surface area contributed by atoms with Gasteiger partial charge in [-0.2, -0.15) is 0 Å². The van der Waals surface area contributed by atoms with Gasteiger partial charge in [0, 0.05) is 0 Å². The summed E-state index contributed by atoms with van der Waals surface area (Å²) < 4.78 is 0. The minimum absolute atomic E-state index is 0.389. The third-order valence-corrected chi connectivity index (χ3v) is 3.24. The van der Waals surface area contributed by atoms with E-state index in [0.717, 1.165) is 36.0 Å². The van der Waals surface area contributed by atoms with Gasteiger partial charge in [0.15, 0.2) is 0 Å². The van der Waals surface area contributed by atoms with Crippen LogP contribution in [-0.2, 0) is 6.42 Å². The van der Waals surface area contributed by atoms with Crippen molar-refractivity contribution in [3.8, 4) is 11.1 Å². The Morgan fingerprint density at radius 1 is 1.05 bits per heavy atom. The Bertz CT molecular complexity index is 559. The Morgan fingerprint density at radius 2 is 1.79 bits per heavy atom. The molecular weight excluding hydrogens is 236 g/mol. The minimum atomic E-state index is -0.864. The molecule has 1 N–H and O–H groups in total. The van der Waals surface area contributed by atoms with Crippen molar-refractivity contribution in [2.75, 3.05) is 0 Å². The van der Waals surface area contributed by atoms with Crippen LogP contribution in [0.2, 0.25) is 0 Å². The zero-order chi connectivity index (χ0) is 13.7. The maximum Gasteiger partial charge on any atom is 0.336 e. The van der Waals surface area contributed by atoms with Crippen LogP contribution in [0, 0.1) is 0 Å². The van der Waals surface area contributed by atoms with Gasteiger partial charge in [0.25, 0.3) is 0 Å². The summed E-state index contributed by atoms with van der Waals surface area (Å²) in [5, 5.41) is 9.38. The molecule has 0 atom stereocenters. The molecule has 0 spiro atoms. The van der Waals surface area contributed by atoms with E-state index in [1.165, 1.54) is 0 Å². The van der Waals surface area contributed by atoms with Gasteiger partial charge >= 0.3 is 5.97 Å². The second-order valence-corrected chi connectivity index (χ2v) is 4.61. The van der Waals surface area contributed by atoms with E-state index in [1.807, 2.05) is 42.5 Å². The highest BCUT2D eigenvalue weighted by Gasteiger charge is 2.14. The van der Waals surface area contributed by atoms with Crippen molar-refractivity contribution in [3.05, 3.63) is 59.7 Å². The number of aromatic carboxylic acids is 1. The summed E-state index contributed by atoms with van der Waals surface area (Å²) >= 11 is 0. The quantitative estimate of drug-likeness (QED) is 0.859. The largest absolute Gasteiger partial charge is 0.478 e. The van der Waals surface area contributed by atoms with Crippen molar-refractivity contribution < 1.29 is 9.90 Å². The first-order valence-corrected chi connectivity index (χ1v) is 6.64. The van der Waals surface area contributed by atoms with Gasteiger partial charge in [0.05, 0.1) is 5.56 Å². The first kappa shape index (κ1) is 13.3. The van der Waals surface area contributed by atoms with E-state index in [2.05, 4.69) is 6.92 Å². The number of rotatable bonds is 5. The smallest absolute Gasteiger partial charge is 0.336 e. The zero-order valence-corrected chi connectivity index (χ0v) is 11.1. The van der Waals surface area contributed by atoms with E-state index in [9.17, 15) is 9.90 Å². The third kappa shape index (κ3) is 3.02. The monoisotopic (exact) mass is 254 g/mol. The van der Waals surface area contributed by atoms with E-state index in [4.69, 9.17) is 0 Å². The predicted octanol–water partition coefficient (Wildman–Crippen LogP) is 4.39. The Morgan fingerprint density at radius 3 is 2.42 bits per heavy atom. The van der Waals surface area contributed by atoms with E-state index in [1.54, 1.807) is 6.07 Å². The fraction of sp³-hybridized carbons (Fsp3) is 0.235. The summed E-state index contributed by atoms with van der Waals surface area (Å²) in [6.45, 7) is 2.14. The van der Waals surface area contributed by atoms with Crippen LogP contribution in [0.25, 0.3) is 11.1 Å². The van der Waals surface area contributed by atoms with E-state index in [-0.39, 0.29) is 0 Å². The normalized spacial score (nSPS) is 10.4. The minimum Gasteiger partial charge on any atom is -0.478 e. The van der Waals surface area contributed by atoms with Gasteiger partial charge in [-0.3, -0.25) is 0 Å². The van der Waals surface area contributed by atoms with Crippen LogP contribution in [-0.4, -0.2) is 11.1 Å². The number of hydrogen-bond acceptors (Lipinski definition) is 1. The number of carboxylic acids is 1. The van der Waals surface area contributed by atoms with E-state index < -0.39 is 5.97 Å². The van der Waals surface area contributed by atoms with Gasteiger partial charge < -0.3 is 5.11 Å². The maximum atomic E-state index is 11.4. The van der Waals surface area contributed by atoms with Crippen molar-refractivity contribution in [1.82, 2.24) is 0 Å². The van der Waals surface area contributed by atoms with Crippen LogP contribution >= 0.6 is 0 Å². The van der Waals surface area contributed by atoms with Crippen molar-refractivity contribution in [2.45, 2.75) is 26.2 Å². The SMILES string of the molecule is CCCCc1cccc(C(=O)O)c1-c1ccccc1. The molecule has 0 aliphatic heterocycles. The van der Waals surface area contributed by atoms with Crippen LogP contribution in [0.5, 0.6) is 0 Å². The van der Waals surface area contributed by atoms with Crippen molar-refractivity contribution in [3.63, 3.8) is 0 Å². The highest BCUT2D eigenvalue weighted by molar-refractivity contribution is 5.97. The summed E-state index contributed by atoms with van der Waals surface area (Å²) in [6.07, 6.45) is 3.09. The highest BCUT2D eigenvalue weighted by Crippen LogP contribution is 2.29. The molecule has 0 aliphatic rings. The van der Waals surface area contributed by atoms with Gasteiger partial charge in [-0.15, -0.1) is 0 Å². The van der Waals surface area contributed by atoms with Gasteiger partial charge in [-0.25, -0.2) is 4.79 Å². The van der Waals surface area contributed by atoms with Gasteiger partial charge in [0.1, 0.15) is 0 Å². The average molecular weight is 254 g/mol. The topological polar surface area (TPSA) is 37.3 Å². The summed E-state index contributed by atoms with van der Waals surface area (Å²) in [6, 6.07) is 15.3. The molecule has 0 unspecified atom stereocenters. The van der Waals surface area contributed by atoms with Crippen LogP contribution in [0.4, 0.5) is 0 Å². The molecule has 98 valence electrons. The average Bonchev–Trinajstić information content (AvgIpc) is 2.45. The van der Waals surface area contributed by atoms with Crippen molar-refractivity contribution in [1.29, 1.82) is 0 Å². The Hall–Kier alpha value is -2.09. The number of benzene rings is 2. The highest BCUT2D eigenvalue weighted by atomic mass is 16.4. The lowest BCUT2D eigenvalue weighted by atomic mass is 9.92. The van der Waals surface area contributed by atoms with Crippen molar-refractivity contribution in [2.24, 2.45) is 0 Å². The van der Waals surface area contributed by atoms with Crippen LogP contribution in [0.1, 0.15) is 35.7 Å². The number of carbonyl (C=O) groups is 1. The molecule has 2 aromatic carbocycles. The Balaban J connectivity index is 2.56. The molecular formula is C17H18O2. The summed E-state index contributed by atoms with van der Waals surface area (Å²) in [5.74, 6) is -0.864. The lowest BCUT2D eigenvalue weighted by Gasteiger charge is -2.12. The molecule has 0 aromatic heterocycles. The molecule has 0 saturated carbocycles. The molecule has 0 radical (unpaired) electrons. The third-order valence-electron chi connectivity index (χ3n) is 3.24. The molecule has 2 heteroatoms. The molecule has 2 rings (SSSR count). The first-order valence-electron chi connectivity index (χ1n) is 6.64. The van der Waals surface area contributed by atoms with Crippen LogP contribution < -0.4 is 0 Å². The molecule has 2 aromatic rings. The molecule has 0 amide bonds. The molecule has 0 heterocycles. The fourth-order valence-corrected chi connectivity index (χ4v) is 2.30.